The molecule has 0 amide bonds. The maximum absolute atomic E-state index is 11.1. The third-order valence-corrected chi connectivity index (χ3v) is 2.79. The average molecular weight is 202 g/mol. The lowest BCUT2D eigenvalue weighted by molar-refractivity contribution is 0.291. The molecule has 2 heterocycles. The average Bonchev–Trinajstić information content (AvgIpc) is 2.40. The summed E-state index contributed by atoms with van der Waals surface area (Å²) in [6.07, 6.45) is 2.63. The van der Waals surface area contributed by atoms with Crippen LogP contribution < -0.4 is 5.84 Å². The van der Waals surface area contributed by atoms with Gasteiger partial charge < -0.3 is 0 Å². The van der Waals surface area contributed by atoms with Crippen LogP contribution in [0.1, 0.15) is 11.3 Å². The third-order valence-electron chi connectivity index (χ3n) is 1.92. The summed E-state index contributed by atoms with van der Waals surface area (Å²) in [6.45, 7) is 1.07. The first-order chi connectivity index (χ1) is 5.97. The molecule has 0 atom stereocenters. The van der Waals surface area contributed by atoms with E-state index in [2.05, 4.69) is 5.10 Å². The highest BCUT2D eigenvalue weighted by molar-refractivity contribution is 7.89. The quantitative estimate of drug-likeness (QED) is 0.583. The highest BCUT2D eigenvalue weighted by Crippen LogP contribution is 2.18. The minimum Gasteiger partial charge on any atom is -0.268 e. The zero-order chi connectivity index (χ0) is 9.64. The Hall–Kier alpha value is -0.920. The van der Waals surface area contributed by atoms with Gasteiger partial charge in [-0.15, -0.1) is 0 Å². The molecule has 0 aliphatic carbocycles. The second kappa shape index (κ2) is 2.53. The molecule has 0 spiro atoms. The molecule has 1 aliphatic rings. The maximum Gasteiger partial charge on any atom is 0.250 e. The molecule has 0 unspecified atom stereocenters. The molecule has 7 heteroatoms. The van der Waals surface area contributed by atoms with Crippen LogP contribution in [0.5, 0.6) is 0 Å². The van der Waals surface area contributed by atoms with Crippen LogP contribution in [0.15, 0.2) is 6.20 Å². The smallest absolute Gasteiger partial charge is 0.250 e. The molecular formula is C6H10N4O2S. The van der Waals surface area contributed by atoms with Crippen molar-refractivity contribution in [2.45, 2.75) is 13.1 Å². The van der Waals surface area contributed by atoms with Crippen LogP contribution in [0.25, 0.3) is 0 Å². The Balaban J connectivity index is 2.43. The molecule has 0 aromatic carbocycles. The Labute approximate surface area is 76.0 Å². The van der Waals surface area contributed by atoms with Gasteiger partial charge in [0.25, 0.3) is 10.0 Å². The van der Waals surface area contributed by atoms with Crippen molar-refractivity contribution in [1.29, 1.82) is 0 Å². The number of hydrogen-bond acceptors (Lipinski definition) is 5. The Kier molecular flexibility index (Phi) is 1.69. The SMILES string of the molecule is CS(=O)(=O)n1cc2c(n1)CN(N)C2. The van der Waals surface area contributed by atoms with Gasteiger partial charge in [0.05, 0.1) is 18.5 Å². The van der Waals surface area contributed by atoms with Gasteiger partial charge in [-0.3, -0.25) is 5.84 Å². The second-order valence-electron chi connectivity index (χ2n) is 3.14. The van der Waals surface area contributed by atoms with Gasteiger partial charge >= 0.3 is 0 Å². The molecule has 0 saturated carbocycles. The van der Waals surface area contributed by atoms with Gasteiger partial charge in [0.15, 0.2) is 0 Å². The molecule has 72 valence electrons. The zero-order valence-electron chi connectivity index (χ0n) is 7.14. The van der Waals surface area contributed by atoms with E-state index in [0.717, 1.165) is 21.6 Å². The van der Waals surface area contributed by atoms with E-state index in [9.17, 15) is 8.42 Å². The van der Waals surface area contributed by atoms with Crippen molar-refractivity contribution in [1.82, 2.24) is 14.2 Å². The standard InChI is InChI=1S/C6H10N4O2S/c1-13(11,12)10-3-5-2-9(7)4-6(5)8-10/h3H,2,4,7H2,1H3. The van der Waals surface area contributed by atoms with E-state index in [1.165, 1.54) is 6.20 Å². The third kappa shape index (κ3) is 1.45. The summed E-state index contributed by atoms with van der Waals surface area (Å²) in [6, 6.07) is 0. The molecule has 0 bridgehead atoms. The van der Waals surface area contributed by atoms with E-state index in [-0.39, 0.29) is 0 Å². The lowest BCUT2D eigenvalue weighted by Crippen LogP contribution is -2.25. The van der Waals surface area contributed by atoms with Crippen molar-refractivity contribution in [3.8, 4) is 0 Å². The van der Waals surface area contributed by atoms with E-state index in [4.69, 9.17) is 5.84 Å². The number of hydrogen-bond donors (Lipinski definition) is 1. The van der Waals surface area contributed by atoms with Crippen molar-refractivity contribution in [2.24, 2.45) is 5.84 Å². The van der Waals surface area contributed by atoms with Crippen LogP contribution in [-0.2, 0) is 23.1 Å². The van der Waals surface area contributed by atoms with Crippen LogP contribution in [0.2, 0.25) is 0 Å². The van der Waals surface area contributed by atoms with Crippen LogP contribution in [0.3, 0.4) is 0 Å². The number of nitrogens with two attached hydrogens (primary N) is 1. The molecule has 1 aromatic heterocycles. The van der Waals surface area contributed by atoms with Gasteiger partial charge in [0.2, 0.25) is 0 Å². The number of fused-ring (bicyclic) bond motifs is 1. The fourth-order valence-corrected chi connectivity index (χ4v) is 1.89. The summed E-state index contributed by atoms with van der Waals surface area (Å²) < 4.78 is 23.1. The summed E-state index contributed by atoms with van der Waals surface area (Å²) in [5.74, 6) is 5.52. The minimum atomic E-state index is -3.25. The molecule has 2 N–H and O–H groups in total. The van der Waals surface area contributed by atoms with Crippen molar-refractivity contribution in [3.63, 3.8) is 0 Å². The fraction of sp³-hybridized carbons (Fsp3) is 0.500. The highest BCUT2D eigenvalue weighted by atomic mass is 32.2. The van der Waals surface area contributed by atoms with Crippen molar-refractivity contribution in [3.05, 3.63) is 17.5 Å². The van der Waals surface area contributed by atoms with E-state index < -0.39 is 10.0 Å². The number of hydrazine groups is 1. The van der Waals surface area contributed by atoms with Crippen molar-refractivity contribution < 1.29 is 8.42 Å². The van der Waals surface area contributed by atoms with Gasteiger partial charge in [-0.1, -0.05) is 0 Å². The largest absolute Gasteiger partial charge is 0.268 e. The van der Waals surface area contributed by atoms with E-state index in [1.807, 2.05) is 0 Å². The molecule has 0 saturated heterocycles. The fourth-order valence-electron chi connectivity index (χ4n) is 1.32. The van der Waals surface area contributed by atoms with Crippen LogP contribution >= 0.6 is 0 Å². The van der Waals surface area contributed by atoms with Crippen molar-refractivity contribution in [2.75, 3.05) is 6.26 Å². The van der Waals surface area contributed by atoms with Crippen molar-refractivity contribution >= 4 is 10.0 Å². The second-order valence-corrected chi connectivity index (χ2v) is 4.98. The first-order valence-corrected chi connectivity index (χ1v) is 5.59. The van der Waals surface area contributed by atoms with E-state index in [0.29, 0.717) is 13.1 Å². The van der Waals surface area contributed by atoms with Gasteiger partial charge in [0.1, 0.15) is 0 Å². The van der Waals surface area contributed by atoms with Gasteiger partial charge in [-0.05, 0) is 0 Å². The topological polar surface area (TPSA) is 81.2 Å². The number of rotatable bonds is 1. The lowest BCUT2D eigenvalue weighted by atomic mass is 10.3. The molecule has 6 nitrogen and oxygen atoms in total. The zero-order valence-corrected chi connectivity index (χ0v) is 7.95. The molecule has 0 fully saturated rings. The van der Waals surface area contributed by atoms with Gasteiger partial charge in [-0.25, -0.2) is 13.4 Å². The molecular weight excluding hydrogens is 192 g/mol. The summed E-state index contributed by atoms with van der Waals surface area (Å²) in [7, 11) is -3.25. The van der Waals surface area contributed by atoms with Gasteiger partial charge in [-0.2, -0.15) is 9.19 Å². The van der Waals surface area contributed by atoms with E-state index >= 15 is 0 Å². The monoisotopic (exact) mass is 202 g/mol. The predicted octanol–water partition coefficient (Wildman–Crippen LogP) is -1.12. The lowest BCUT2D eigenvalue weighted by Gasteiger charge is -2.04. The molecule has 1 aliphatic heterocycles. The Morgan fingerprint density at radius 2 is 2.23 bits per heavy atom. The van der Waals surface area contributed by atoms with E-state index in [1.54, 1.807) is 5.01 Å². The van der Waals surface area contributed by atoms with Crippen LogP contribution in [0, 0.1) is 0 Å². The molecule has 1 aromatic rings. The number of aromatic nitrogens is 2. The summed E-state index contributed by atoms with van der Waals surface area (Å²) >= 11 is 0. The maximum atomic E-state index is 11.1. The summed E-state index contributed by atoms with van der Waals surface area (Å²) in [5.41, 5.74) is 1.63. The Bertz CT molecular complexity index is 412. The number of nitrogens with zero attached hydrogens (tertiary/aromatic N) is 3. The van der Waals surface area contributed by atoms with Gasteiger partial charge in [0, 0.05) is 18.3 Å². The predicted molar refractivity (Wildman–Crippen MR) is 45.9 cm³/mol. The Morgan fingerprint density at radius 3 is 2.77 bits per heavy atom. The summed E-state index contributed by atoms with van der Waals surface area (Å²) in [4.78, 5) is 0. The minimum absolute atomic E-state index is 0.512. The normalized spacial score (nSPS) is 17.7. The molecule has 0 radical (unpaired) electrons. The van der Waals surface area contributed by atoms with Crippen LogP contribution in [0.4, 0.5) is 0 Å². The highest BCUT2D eigenvalue weighted by Gasteiger charge is 2.22. The van der Waals surface area contributed by atoms with Crippen LogP contribution in [-0.4, -0.2) is 28.9 Å². The summed E-state index contributed by atoms with van der Waals surface area (Å²) in [5, 5.41) is 5.51. The first kappa shape index (κ1) is 8.67. The first-order valence-electron chi connectivity index (χ1n) is 3.74. The Morgan fingerprint density at radius 1 is 1.54 bits per heavy atom. The molecule has 2 rings (SSSR count). The molecule has 13 heavy (non-hydrogen) atoms.